The number of amides is 1. The van der Waals surface area contributed by atoms with Crippen LogP contribution in [0.3, 0.4) is 0 Å². The molecule has 22 heavy (non-hydrogen) atoms. The van der Waals surface area contributed by atoms with Gasteiger partial charge in [-0.1, -0.05) is 11.6 Å². The summed E-state index contributed by atoms with van der Waals surface area (Å²) >= 11 is 8.17. The first kappa shape index (κ1) is 19.3. The molecule has 6 nitrogen and oxygen atoms in total. The maximum absolute atomic E-state index is 11.4. The molecule has 2 N–H and O–H groups in total. The second-order valence-electron chi connectivity index (χ2n) is 4.93. The lowest BCUT2D eigenvalue weighted by molar-refractivity contribution is 0.116. The molecule has 0 radical (unpaired) electrons. The first-order valence-electron chi connectivity index (χ1n) is 6.48. The highest BCUT2D eigenvalue weighted by atomic mass is 127. The Balaban J connectivity index is 2.69. The number of halogens is 2. The topological polar surface area (TPSA) is 84.5 Å². The minimum atomic E-state index is -3.36. The molecule has 0 saturated heterocycles. The number of benzene rings is 1. The summed E-state index contributed by atoms with van der Waals surface area (Å²) in [5.74, 6) is 0. The van der Waals surface area contributed by atoms with E-state index < -0.39 is 16.1 Å². The van der Waals surface area contributed by atoms with Crippen LogP contribution >= 0.6 is 34.2 Å². The Labute approximate surface area is 149 Å². The molecule has 0 aliphatic rings. The van der Waals surface area contributed by atoms with E-state index in [9.17, 15) is 13.2 Å². The molecule has 0 bridgehead atoms. The maximum Gasteiger partial charge on any atom is 0.407 e. The molecule has 0 atom stereocenters. The zero-order chi connectivity index (χ0) is 16.9. The fourth-order valence-electron chi connectivity index (χ4n) is 1.61. The van der Waals surface area contributed by atoms with Crippen molar-refractivity contribution in [3.05, 3.63) is 26.3 Å². The van der Waals surface area contributed by atoms with E-state index in [0.29, 0.717) is 23.7 Å². The zero-order valence-corrected chi connectivity index (χ0v) is 16.2. The smallest absolute Gasteiger partial charge is 0.407 e. The van der Waals surface area contributed by atoms with Gasteiger partial charge in [0.1, 0.15) is 0 Å². The van der Waals surface area contributed by atoms with Gasteiger partial charge < -0.3 is 10.1 Å². The largest absolute Gasteiger partial charge is 0.447 e. The predicted octanol–water partition coefficient (Wildman–Crippen LogP) is 2.99. The van der Waals surface area contributed by atoms with Crippen LogP contribution in [-0.2, 0) is 21.2 Å². The highest BCUT2D eigenvalue weighted by Gasteiger charge is 2.11. The molecule has 0 aliphatic heterocycles. The van der Waals surface area contributed by atoms with E-state index >= 15 is 0 Å². The molecular weight excluding hydrogens is 443 g/mol. The minimum absolute atomic E-state index is 0.175. The Kier molecular flexibility index (Phi) is 7.20. The van der Waals surface area contributed by atoms with Gasteiger partial charge in [0.25, 0.3) is 0 Å². The molecule has 0 aliphatic carbocycles. The molecule has 0 unspecified atom stereocenters. The molecule has 0 fully saturated rings. The van der Waals surface area contributed by atoms with Crippen molar-refractivity contribution in [2.75, 3.05) is 17.5 Å². The third kappa shape index (κ3) is 7.01. The number of sulfonamides is 1. The lowest BCUT2D eigenvalue weighted by Gasteiger charge is -2.12. The molecule has 1 aromatic rings. The summed E-state index contributed by atoms with van der Waals surface area (Å²) in [5.41, 5.74) is 1.25. The fraction of sp³-hybridized carbons (Fsp3) is 0.462. The number of carbonyl (C=O) groups excluding carboxylic acids is 1. The minimum Gasteiger partial charge on any atom is -0.447 e. The summed E-state index contributed by atoms with van der Waals surface area (Å²) in [6, 6.07) is 3.35. The zero-order valence-electron chi connectivity index (χ0n) is 12.4. The van der Waals surface area contributed by atoms with E-state index in [0.717, 1.165) is 15.4 Å². The van der Waals surface area contributed by atoms with Gasteiger partial charge in [0.15, 0.2) is 0 Å². The summed E-state index contributed by atoms with van der Waals surface area (Å²) in [6.45, 7) is 3.92. The summed E-state index contributed by atoms with van der Waals surface area (Å²) in [6.07, 6.45) is 0.943. The second kappa shape index (κ2) is 8.21. The van der Waals surface area contributed by atoms with Gasteiger partial charge in [-0.15, -0.1) is 0 Å². The van der Waals surface area contributed by atoms with Gasteiger partial charge in [0.2, 0.25) is 10.0 Å². The van der Waals surface area contributed by atoms with Crippen molar-refractivity contribution in [3.8, 4) is 0 Å². The second-order valence-corrected chi connectivity index (χ2v) is 8.25. The standard InChI is InChI=1S/C13H18ClIN2O4S/c1-8(2)21-13(18)16-5-4-9-6-11(15)12(7-10(9)14)17-22(3,19)20/h6-8,17H,4-5H2,1-3H3,(H,16,18). The van der Waals surface area contributed by atoms with Crippen LogP contribution in [-0.4, -0.2) is 33.4 Å². The molecule has 1 rings (SSSR count). The maximum atomic E-state index is 11.4. The molecule has 0 spiro atoms. The van der Waals surface area contributed by atoms with E-state index in [1.165, 1.54) is 0 Å². The lowest BCUT2D eigenvalue weighted by atomic mass is 10.1. The predicted molar refractivity (Wildman–Crippen MR) is 96.0 cm³/mol. The van der Waals surface area contributed by atoms with Crippen LogP contribution in [0.5, 0.6) is 0 Å². The molecule has 9 heteroatoms. The number of hydrogen-bond donors (Lipinski definition) is 2. The quantitative estimate of drug-likeness (QED) is 0.639. The van der Waals surface area contributed by atoms with Crippen LogP contribution in [0.1, 0.15) is 19.4 Å². The van der Waals surface area contributed by atoms with Crippen LogP contribution in [0.4, 0.5) is 10.5 Å². The number of alkyl carbamates (subject to hydrolysis) is 1. The summed E-state index contributed by atoms with van der Waals surface area (Å²) < 4.78 is 30.6. The number of rotatable bonds is 6. The van der Waals surface area contributed by atoms with E-state index in [4.69, 9.17) is 16.3 Å². The van der Waals surface area contributed by atoms with E-state index in [2.05, 4.69) is 10.0 Å². The molecule has 0 aromatic heterocycles. The number of ether oxygens (including phenoxy) is 1. The van der Waals surface area contributed by atoms with E-state index in [-0.39, 0.29) is 6.10 Å². The Bertz CT molecular complexity index is 650. The third-order valence-corrected chi connectivity index (χ3v) is 4.27. The Morgan fingerprint density at radius 3 is 2.59 bits per heavy atom. The van der Waals surface area contributed by atoms with Gasteiger partial charge in [-0.25, -0.2) is 13.2 Å². The van der Waals surface area contributed by atoms with Crippen LogP contribution in [0.2, 0.25) is 5.02 Å². The van der Waals surface area contributed by atoms with Gasteiger partial charge in [-0.3, -0.25) is 4.72 Å². The average Bonchev–Trinajstić information content (AvgIpc) is 2.32. The molecule has 1 amide bonds. The van der Waals surface area contributed by atoms with Gasteiger partial charge in [0.05, 0.1) is 18.0 Å². The number of carbonyl (C=O) groups is 1. The van der Waals surface area contributed by atoms with Gasteiger partial charge in [-0.05, 0) is 60.6 Å². The van der Waals surface area contributed by atoms with Crippen molar-refractivity contribution in [2.45, 2.75) is 26.4 Å². The van der Waals surface area contributed by atoms with Crippen LogP contribution in [0, 0.1) is 3.57 Å². The molecule has 1 aromatic carbocycles. The lowest BCUT2D eigenvalue weighted by Crippen LogP contribution is -2.28. The number of nitrogens with one attached hydrogen (secondary N) is 2. The van der Waals surface area contributed by atoms with Crippen molar-refractivity contribution >= 4 is 56.0 Å². The van der Waals surface area contributed by atoms with Gasteiger partial charge in [-0.2, -0.15) is 0 Å². The van der Waals surface area contributed by atoms with Crippen LogP contribution in [0.15, 0.2) is 12.1 Å². The molecular formula is C13H18ClIN2O4S. The van der Waals surface area contributed by atoms with Crippen molar-refractivity contribution in [2.24, 2.45) is 0 Å². The van der Waals surface area contributed by atoms with Crippen LogP contribution < -0.4 is 10.0 Å². The Hall–Kier alpha value is -0.740. The first-order chi connectivity index (χ1) is 10.1. The summed E-state index contributed by atoms with van der Waals surface area (Å²) in [5, 5.41) is 3.06. The van der Waals surface area contributed by atoms with Crippen molar-refractivity contribution in [1.29, 1.82) is 0 Å². The number of hydrogen-bond acceptors (Lipinski definition) is 4. The molecule has 124 valence electrons. The van der Waals surface area contributed by atoms with Crippen molar-refractivity contribution in [1.82, 2.24) is 5.32 Å². The Morgan fingerprint density at radius 2 is 2.05 bits per heavy atom. The number of anilines is 1. The highest BCUT2D eigenvalue weighted by Crippen LogP contribution is 2.27. The monoisotopic (exact) mass is 460 g/mol. The average molecular weight is 461 g/mol. The van der Waals surface area contributed by atoms with Gasteiger partial charge >= 0.3 is 6.09 Å². The van der Waals surface area contributed by atoms with E-state index in [1.807, 2.05) is 22.6 Å². The summed E-state index contributed by atoms with van der Waals surface area (Å²) in [7, 11) is -3.36. The first-order valence-corrected chi connectivity index (χ1v) is 9.83. The fourth-order valence-corrected chi connectivity index (χ4v) is 3.29. The van der Waals surface area contributed by atoms with Crippen LogP contribution in [0.25, 0.3) is 0 Å². The molecule has 0 heterocycles. The van der Waals surface area contributed by atoms with E-state index in [1.54, 1.807) is 26.0 Å². The van der Waals surface area contributed by atoms with Crippen molar-refractivity contribution in [3.63, 3.8) is 0 Å². The SMILES string of the molecule is CC(C)OC(=O)NCCc1cc(I)c(NS(C)(=O)=O)cc1Cl. The van der Waals surface area contributed by atoms with Gasteiger partial charge in [0, 0.05) is 15.1 Å². The third-order valence-electron chi connectivity index (χ3n) is 2.44. The highest BCUT2D eigenvalue weighted by molar-refractivity contribution is 14.1. The molecule has 0 saturated carbocycles. The normalized spacial score (nSPS) is 11.4. The summed E-state index contributed by atoms with van der Waals surface area (Å²) in [4.78, 5) is 11.4. The Morgan fingerprint density at radius 1 is 1.41 bits per heavy atom. The van der Waals surface area contributed by atoms with Crippen molar-refractivity contribution < 1.29 is 17.9 Å².